The summed E-state index contributed by atoms with van der Waals surface area (Å²) in [6, 6.07) is 20.4. The third-order valence-electron chi connectivity index (χ3n) is 5.07. The van der Waals surface area contributed by atoms with Crippen molar-refractivity contribution >= 4 is 0 Å². The molecule has 2 saturated heterocycles. The number of quaternary nitrogens is 1. The second-order valence-corrected chi connectivity index (χ2v) is 6.85. The SMILES string of the molecule is N#Cc1cccc(C[NH2+][C@H]2CO[C@H]3[C@@H]2OC[C@H]3OCc2ccccc2)c1. The van der Waals surface area contributed by atoms with Crippen LogP contribution in [-0.4, -0.2) is 37.6 Å². The second-order valence-electron chi connectivity index (χ2n) is 6.85. The molecule has 26 heavy (non-hydrogen) atoms. The fourth-order valence-corrected chi connectivity index (χ4v) is 3.67. The lowest BCUT2D eigenvalue weighted by Gasteiger charge is -2.16. The van der Waals surface area contributed by atoms with Crippen molar-refractivity contribution in [2.45, 2.75) is 37.5 Å². The summed E-state index contributed by atoms with van der Waals surface area (Å²) in [7, 11) is 0. The van der Waals surface area contributed by atoms with E-state index in [1.807, 2.05) is 42.5 Å². The normalized spacial score (nSPS) is 27.2. The molecule has 5 heteroatoms. The summed E-state index contributed by atoms with van der Waals surface area (Å²) >= 11 is 0. The molecule has 2 N–H and O–H groups in total. The van der Waals surface area contributed by atoms with Gasteiger partial charge in [0.1, 0.15) is 37.5 Å². The van der Waals surface area contributed by atoms with Crippen molar-refractivity contribution in [3.63, 3.8) is 0 Å². The van der Waals surface area contributed by atoms with Crippen LogP contribution in [0.5, 0.6) is 0 Å². The van der Waals surface area contributed by atoms with Crippen molar-refractivity contribution in [1.82, 2.24) is 0 Å². The first-order valence-corrected chi connectivity index (χ1v) is 9.04. The van der Waals surface area contributed by atoms with Gasteiger partial charge >= 0.3 is 0 Å². The summed E-state index contributed by atoms with van der Waals surface area (Å²) in [6.07, 6.45) is 0.0563. The average molecular weight is 351 g/mol. The Morgan fingerprint density at radius 2 is 1.81 bits per heavy atom. The zero-order chi connectivity index (χ0) is 17.8. The number of nitrogens with two attached hydrogens (primary N) is 1. The molecular weight excluding hydrogens is 328 g/mol. The first kappa shape index (κ1) is 17.2. The smallest absolute Gasteiger partial charge is 0.140 e. The van der Waals surface area contributed by atoms with E-state index < -0.39 is 0 Å². The number of nitrogens with zero attached hydrogens (tertiary/aromatic N) is 1. The van der Waals surface area contributed by atoms with E-state index in [0.29, 0.717) is 25.4 Å². The minimum atomic E-state index is -0.0134. The molecule has 2 aromatic rings. The number of hydrogen-bond donors (Lipinski definition) is 1. The Morgan fingerprint density at radius 1 is 1.00 bits per heavy atom. The Balaban J connectivity index is 1.30. The minimum Gasteiger partial charge on any atom is -0.368 e. The molecule has 2 aromatic carbocycles. The molecule has 0 aromatic heterocycles. The summed E-state index contributed by atoms with van der Waals surface area (Å²) in [6.45, 7) is 2.64. The molecular formula is C21H23N2O3+. The Kier molecular flexibility index (Phi) is 5.28. The van der Waals surface area contributed by atoms with E-state index in [1.165, 1.54) is 0 Å². The monoisotopic (exact) mass is 351 g/mol. The number of hydrogen-bond acceptors (Lipinski definition) is 4. The van der Waals surface area contributed by atoms with Crippen LogP contribution in [0.4, 0.5) is 0 Å². The number of ether oxygens (including phenoxy) is 3. The van der Waals surface area contributed by atoms with E-state index in [4.69, 9.17) is 19.5 Å². The third kappa shape index (κ3) is 3.79. The highest BCUT2D eigenvalue weighted by Crippen LogP contribution is 2.28. The standard InChI is InChI=1S/C21H22N2O3/c22-10-16-7-4-8-17(9-16)11-23-18-13-25-21-19(14-26-20(18)21)24-12-15-5-2-1-3-6-15/h1-9,18-21,23H,11-14H2/p+1/t18-,19+,20+,21+/m0/s1. The summed E-state index contributed by atoms with van der Waals surface area (Å²) in [5.41, 5.74) is 3.00. The molecule has 2 aliphatic heterocycles. The van der Waals surface area contributed by atoms with Gasteiger partial charge in [0.25, 0.3) is 0 Å². The maximum Gasteiger partial charge on any atom is 0.140 e. The lowest BCUT2D eigenvalue weighted by Crippen LogP contribution is -2.91. The van der Waals surface area contributed by atoms with Gasteiger partial charge < -0.3 is 19.5 Å². The maximum absolute atomic E-state index is 9.01. The van der Waals surface area contributed by atoms with Crippen molar-refractivity contribution < 1.29 is 19.5 Å². The maximum atomic E-state index is 9.01. The van der Waals surface area contributed by atoms with Crippen LogP contribution in [0, 0.1) is 11.3 Å². The van der Waals surface area contributed by atoms with E-state index in [9.17, 15) is 0 Å². The van der Waals surface area contributed by atoms with Crippen LogP contribution in [0.3, 0.4) is 0 Å². The van der Waals surface area contributed by atoms with E-state index in [1.54, 1.807) is 0 Å². The predicted octanol–water partition coefficient (Wildman–Crippen LogP) is 1.37. The molecule has 0 radical (unpaired) electrons. The van der Waals surface area contributed by atoms with E-state index in [0.717, 1.165) is 17.7 Å². The Hall–Kier alpha value is -2.23. The van der Waals surface area contributed by atoms with Gasteiger partial charge in [-0.15, -0.1) is 0 Å². The molecule has 0 amide bonds. The number of nitriles is 1. The molecule has 0 spiro atoms. The van der Waals surface area contributed by atoms with Crippen molar-refractivity contribution in [2.75, 3.05) is 13.2 Å². The molecule has 0 unspecified atom stereocenters. The molecule has 2 heterocycles. The molecule has 0 bridgehead atoms. The molecule has 0 aliphatic carbocycles. The van der Waals surface area contributed by atoms with Crippen molar-refractivity contribution in [1.29, 1.82) is 5.26 Å². The fraction of sp³-hybridized carbons (Fsp3) is 0.381. The summed E-state index contributed by atoms with van der Waals surface area (Å²) in [5.74, 6) is 0. The fourth-order valence-electron chi connectivity index (χ4n) is 3.67. The third-order valence-corrected chi connectivity index (χ3v) is 5.07. The highest BCUT2D eigenvalue weighted by molar-refractivity contribution is 5.32. The van der Waals surface area contributed by atoms with Crippen LogP contribution in [-0.2, 0) is 27.4 Å². The van der Waals surface area contributed by atoms with Gasteiger partial charge in [0.2, 0.25) is 0 Å². The molecule has 2 fully saturated rings. The average Bonchev–Trinajstić information content (AvgIpc) is 3.28. The van der Waals surface area contributed by atoms with Gasteiger partial charge in [-0.3, -0.25) is 0 Å². The lowest BCUT2D eigenvalue weighted by molar-refractivity contribution is -0.707. The number of rotatable bonds is 6. The van der Waals surface area contributed by atoms with E-state index in [2.05, 4.69) is 23.5 Å². The van der Waals surface area contributed by atoms with Crippen LogP contribution < -0.4 is 5.32 Å². The molecule has 134 valence electrons. The highest BCUT2D eigenvalue weighted by Gasteiger charge is 2.50. The summed E-state index contributed by atoms with van der Waals surface area (Å²) in [4.78, 5) is 0. The summed E-state index contributed by atoms with van der Waals surface area (Å²) in [5, 5.41) is 11.3. The highest BCUT2D eigenvalue weighted by atomic mass is 16.6. The molecule has 4 atom stereocenters. The van der Waals surface area contributed by atoms with Crippen LogP contribution in [0.2, 0.25) is 0 Å². The molecule has 4 rings (SSSR count). The Labute approximate surface area is 153 Å². The van der Waals surface area contributed by atoms with Crippen LogP contribution in [0.15, 0.2) is 54.6 Å². The number of benzene rings is 2. The van der Waals surface area contributed by atoms with Gasteiger partial charge in [0, 0.05) is 5.56 Å². The van der Waals surface area contributed by atoms with Gasteiger partial charge in [0.05, 0.1) is 24.8 Å². The zero-order valence-electron chi connectivity index (χ0n) is 14.6. The van der Waals surface area contributed by atoms with Crippen molar-refractivity contribution in [3.05, 3.63) is 71.3 Å². The van der Waals surface area contributed by atoms with Gasteiger partial charge in [-0.1, -0.05) is 42.5 Å². The van der Waals surface area contributed by atoms with Gasteiger partial charge in [-0.05, 0) is 17.7 Å². The van der Waals surface area contributed by atoms with Crippen molar-refractivity contribution in [2.24, 2.45) is 0 Å². The van der Waals surface area contributed by atoms with Gasteiger partial charge in [-0.2, -0.15) is 5.26 Å². The second kappa shape index (κ2) is 7.98. The van der Waals surface area contributed by atoms with Crippen LogP contribution in [0.25, 0.3) is 0 Å². The Bertz CT molecular complexity index is 774. The largest absolute Gasteiger partial charge is 0.368 e. The first-order chi connectivity index (χ1) is 12.8. The quantitative estimate of drug-likeness (QED) is 0.854. The minimum absolute atomic E-state index is 0.00500. The molecule has 5 nitrogen and oxygen atoms in total. The van der Waals surface area contributed by atoms with E-state index in [-0.39, 0.29) is 24.4 Å². The van der Waals surface area contributed by atoms with Crippen LogP contribution >= 0.6 is 0 Å². The van der Waals surface area contributed by atoms with Gasteiger partial charge in [-0.25, -0.2) is 0 Å². The zero-order valence-corrected chi connectivity index (χ0v) is 14.6. The van der Waals surface area contributed by atoms with Crippen molar-refractivity contribution in [3.8, 4) is 6.07 Å². The molecule has 2 aliphatic rings. The van der Waals surface area contributed by atoms with E-state index >= 15 is 0 Å². The first-order valence-electron chi connectivity index (χ1n) is 9.04. The number of fused-ring (bicyclic) bond motifs is 1. The predicted molar refractivity (Wildman–Crippen MR) is 95.1 cm³/mol. The molecule has 0 saturated carbocycles. The summed E-state index contributed by atoms with van der Waals surface area (Å²) < 4.78 is 18.0. The topological polar surface area (TPSA) is 68.1 Å². The lowest BCUT2D eigenvalue weighted by atomic mass is 10.1. The Morgan fingerprint density at radius 3 is 2.65 bits per heavy atom. The van der Waals surface area contributed by atoms with Gasteiger partial charge in [0.15, 0.2) is 0 Å². The van der Waals surface area contributed by atoms with Crippen LogP contribution in [0.1, 0.15) is 16.7 Å².